The number of hydrogen-bond donors (Lipinski definition) is 2. The molecule has 0 radical (unpaired) electrons. The Labute approximate surface area is 168 Å². The second-order valence-corrected chi connectivity index (χ2v) is 8.82. The number of pyridine rings is 1. The van der Waals surface area contributed by atoms with Gasteiger partial charge in [-0.1, -0.05) is 11.6 Å². The van der Waals surface area contributed by atoms with Gasteiger partial charge in [-0.3, -0.25) is 4.79 Å². The molecule has 7 heteroatoms. The fourth-order valence-corrected chi connectivity index (χ4v) is 4.88. The molecule has 4 rings (SSSR count). The van der Waals surface area contributed by atoms with E-state index in [1.54, 1.807) is 6.07 Å². The van der Waals surface area contributed by atoms with Crippen molar-refractivity contribution in [1.29, 1.82) is 0 Å². The maximum atomic E-state index is 14.3. The Balaban J connectivity index is 1.59. The first-order chi connectivity index (χ1) is 13.3. The zero-order valence-electron chi connectivity index (χ0n) is 16.0. The van der Waals surface area contributed by atoms with Crippen LogP contribution in [0, 0.1) is 0 Å². The lowest BCUT2D eigenvalue weighted by molar-refractivity contribution is -0.0533. The van der Waals surface area contributed by atoms with Crippen LogP contribution >= 0.6 is 11.6 Å². The number of alkyl halides is 1. The molecule has 1 saturated heterocycles. The van der Waals surface area contributed by atoms with E-state index in [9.17, 15) is 14.3 Å². The van der Waals surface area contributed by atoms with Gasteiger partial charge in [0.15, 0.2) is 0 Å². The van der Waals surface area contributed by atoms with Crippen LogP contribution in [-0.4, -0.2) is 39.8 Å². The maximum Gasteiger partial charge on any atom is 0.253 e. The molecule has 2 aromatic heterocycles. The highest BCUT2D eigenvalue weighted by molar-refractivity contribution is 6.34. The summed E-state index contributed by atoms with van der Waals surface area (Å²) in [5.41, 5.74) is -0.671. The zero-order chi connectivity index (χ0) is 19.9. The van der Waals surface area contributed by atoms with Crippen LogP contribution in [-0.2, 0) is 4.74 Å². The summed E-state index contributed by atoms with van der Waals surface area (Å²) in [5.74, 6) is -0.325. The normalized spacial score (nSPS) is 30.6. The van der Waals surface area contributed by atoms with Crippen molar-refractivity contribution in [3.8, 4) is 0 Å². The lowest BCUT2D eigenvalue weighted by Gasteiger charge is -2.38. The number of halogens is 2. The van der Waals surface area contributed by atoms with Gasteiger partial charge in [-0.2, -0.15) is 0 Å². The topological polar surface area (TPSA) is 63.0 Å². The average molecular weight is 409 g/mol. The lowest BCUT2D eigenvalue weighted by Crippen LogP contribution is -2.49. The fraction of sp³-hybridized carbons (Fsp3) is 0.571. The standard InChI is InChI=1S/C21H26ClFN2O3/c1-20(23)7-4-8-21(27,12-20)13-24-19(26)14-11-16(17-6-3-10-28-17)25-9-2-5-15(22)18(14)25/h2,5,9,11,17,27H,3-4,6-8,10,12-13H2,1H3,(H,24,26). The molecule has 0 spiro atoms. The zero-order valence-corrected chi connectivity index (χ0v) is 16.8. The molecule has 28 heavy (non-hydrogen) atoms. The van der Waals surface area contributed by atoms with E-state index in [4.69, 9.17) is 16.3 Å². The van der Waals surface area contributed by atoms with E-state index < -0.39 is 11.3 Å². The quantitative estimate of drug-likeness (QED) is 0.796. The van der Waals surface area contributed by atoms with Gasteiger partial charge in [-0.15, -0.1) is 0 Å². The number of fused-ring (bicyclic) bond motifs is 1. The van der Waals surface area contributed by atoms with Gasteiger partial charge in [0.2, 0.25) is 0 Å². The van der Waals surface area contributed by atoms with E-state index in [2.05, 4.69) is 5.32 Å². The molecule has 1 saturated carbocycles. The Hall–Kier alpha value is -1.63. The summed E-state index contributed by atoms with van der Waals surface area (Å²) in [4.78, 5) is 13.0. The third kappa shape index (κ3) is 3.78. The summed E-state index contributed by atoms with van der Waals surface area (Å²) >= 11 is 6.40. The van der Waals surface area contributed by atoms with Crippen molar-refractivity contribution in [3.63, 3.8) is 0 Å². The number of nitrogens with zero attached hydrogens (tertiary/aromatic N) is 1. The van der Waals surface area contributed by atoms with Gasteiger partial charge < -0.3 is 19.6 Å². The molecule has 3 unspecified atom stereocenters. The summed E-state index contributed by atoms with van der Waals surface area (Å²) in [6.45, 7) is 2.23. The van der Waals surface area contributed by atoms with Crippen LogP contribution < -0.4 is 5.32 Å². The van der Waals surface area contributed by atoms with Crippen molar-refractivity contribution < 1.29 is 19.0 Å². The Morgan fingerprint density at radius 2 is 2.29 bits per heavy atom. The van der Waals surface area contributed by atoms with Crippen molar-refractivity contribution in [1.82, 2.24) is 9.72 Å². The third-order valence-electron chi connectivity index (χ3n) is 5.89. The van der Waals surface area contributed by atoms with E-state index in [1.165, 1.54) is 6.92 Å². The SMILES string of the molecule is CC1(F)CCCC(O)(CNC(=O)c2cc(C3CCCO3)n3cccc(Cl)c23)C1. The average Bonchev–Trinajstić information content (AvgIpc) is 3.26. The first-order valence-electron chi connectivity index (χ1n) is 9.89. The van der Waals surface area contributed by atoms with Gasteiger partial charge in [0.1, 0.15) is 5.67 Å². The van der Waals surface area contributed by atoms with Crippen molar-refractivity contribution in [3.05, 3.63) is 40.7 Å². The van der Waals surface area contributed by atoms with Gasteiger partial charge in [0, 0.05) is 25.8 Å². The number of rotatable bonds is 4. The van der Waals surface area contributed by atoms with Gasteiger partial charge in [-0.25, -0.2) is 4.39 Å². The lowest BCUT2D eigenvalue weighted by atomic mass is 9.77. The van der Waals surface area contributed by atoms with E-state index in [1.807, 2.05) is 22.7 Å². The molecule has 2 aliphatic rings. The number of carbonyl (C=O) groups excluding carboxylic acids is 1. The van der Waals surface area contributed by atoms with Gasteiger partial charge >= 0.3 is 0 Å². The van der Waals surface area contributed by atoms with Crippen molar-refractivity contribution in [2.24, 2.45) is 0 Å². The van der Waals surface area contributed by atoms with Crippen molar-refractivity contribution in [2.75, 3.05) is 13.2 Å². The minimum Gasteiger partial charge on any atom is -0.388 e. The summed E-state index contributed by atoms with van der Waals surface area (Å²) in [5, 5.41) is 14.0. The molecule has 152 valence electrons. The first kappa shape index (κ1) is 19.7. The van der Waals surface area contributed by atoms with Gasteiger partial charge in [0.05, 0.1) is 33.5 Å². The minimum absolute atomic E-state index is 0.0163. The largest absolute Gasteiger partial charge is 0.388 e. The molecular formula is C21H26ClFN2O3. The molecule has 3 heterocycles. The Kier molecular flexibility index (Phi) is 5.14. The third-order valence-corrected chi connectivity index (χ3v) is 6.20. The molecular weight excluding hydrogens is 383 g/mol. The van der Waals surface area contributed by atoms with Crippen LogP contribution in [0.4, 0.5) is 4.39 Å². The van der Waals surface area contributed by atoms with Crippen LogP contribution in [0.3, 0.4) is 0 Å². The number of ether oxygens (including phenoxy) is 1. The molecule has 2 aromatic rings. The predicted octanol–water partition coefficient (Wildman–Crippen LogP) is 4.21. The van der Waals surface area contributed by atoms with Crippen LogP contribution in [0.25, 0.3) is 5.52 Å². The van der Waals surface area contributed by atoms with E-state index in [-0.39, 0.29) is 25.0 Å². The molecule has 1 amide bonds. The van der Waals surface area contributed by atoms with Crippen LogP contribution in [0.15, 0.2) is 24.4 Å². The smallest absolute Gasteiger partial charge is 0.253 e. The second kappa shape index (κ2) is 7.32. The van der Waals surface area contributed by atoms with Gasteiger partial charge in [0.25, 0.3) is 5.91 Å². The minimum atomic E-state index is -1.41. The van der Waals surface area contributed by atoms with E-state index in [0.29, 0.717) is 42.0 Å². The molecule has 2 fully saturated rings. The highest BCUT2D eigenvalue weighted by atomic mass is 35.5. The summed E-state index contributed by atoms with van der Waals surface area (Å²) < 4.78 is 22.0. The number of aliphatic hydroxyl groups is 1. The fourth-order valence-electron chi connectivity index (χ4n) is 4.61. The van der Waals surface area contributed by atoms with Gasteiger partial charge in [-0.05, 0) is 57.2 Å². The molecule has 0 aromatic carbocycles. The first-order valence-corrected chi connectivity index (χ1v) is 10.3. The molecule has 0 bridgehead atoms. The van der Waals surface area contributed by atoms with E-state index >= 15 is 0 Å². The summed E-state index contributed by atoms with van der Waals surface area (Å²) in [7, 11) is 0. The Morgan fingerprint density at radius 1 is 1.46 bits per heavy atom. The summed E-state index contributed by atoms with van der Waals surface area (Å²) in [6, 6.07) is 5.40. The second-order valence-electron chi connectivity index (χ2n) is 8.41. The Morgan fingerprint density at radius 3 is 3.00 bits per heavy atom. The van der Waals surface area contributed by atoms with Crippen LogP contribution in [0.2, 0.25) is 5.02 Å². The Bertz CT molecular complexity index is 891. The number of nitrogens with one attached hydrogen (secondary N) is 1. The number of carbonyl (C=O) groups is 1. The molecule has 1 aliphatic carbocycles. The number of hydrogen-bond acceptors (Lipinski definition) is 3. The number of amides is 1. The molecule has 1 aliphatic heterocycles. The molecule has 3 atom stereocenters. The predicted molar refractivity (Wildman–Crippen MR) is 106 cm³/mol. The monoisotopic (exact) mass is 408 g/mol. The molecule has 2 N–H and O–H groups in total. The van der Waals surface area contributed by atoms with E-state index in [0.717, 1.165) is 18.5 Å². The maximum absolute atomic E-state index is 14.3. The summed E-state index contributed by atoms with van der Waals surface area (Å²) in [6.07, 6.45) is 5.23. The highest BCUT2D eigenvalue weighted by Gasteiger charge is 2.41. The van der Waals surface area contributed by atoms with Crippen molar-refractivity contribution >= 4 is 23.0 Å². The van der Waals surface area contributed by atoms with Crippen LogP contribution in [0.5, 0.6) is 0 Å². The van der Waals surface area contributed by atoms with Crippen LogP contribution in [0.1, 0.15) is 67.6 Å². The molecule has 5 nitrogen and oxygen atoms in total. The number of aromatic nitrogens is 1. The highest BCUT2D eigenvalue weighted by Crippen LogP contribution is 2.38. The van der Waals surface area contributed by atoms with Crippen molar-refractivity contribution in [2.45, 2.75) is 62.8 Å².